The fraction of sp³-hybridized carbons (Fsp3) is 0.100. The highest BCUT2D eigenvalue weighted by atomic mass is 16.2. The highest BCUT2D eigenvalue weighted by molar-refractivity contribution is 6.08. The lowest BCUT2D eigenvalue weighted by Gasteiger charge is -2.09. The number of urea groups is 2. The molecular formula is C10H11N5O2. The molecule has 1 atom stereocenters. The summed E-state index contributed by atoms with van der Waals surface area (Å²) in [5.41, 5.74) is 5.66. The smallest absolute Gasteiger partial charge is 0.322 e. The van der Waals surface area contributed by atoms with Crippen molar-refractivity contribution in [2.24, 2.45) is 10.7 Å². The molecule has 7 nitrogen and oxygen atoms in total. The highest BCUT2D eigenvalue weighted by Crippen LogP contribution is 2.11. The van der Waals surface area contributed by atoms with Gasteiger partial charge < -0.3 is 16.4 Å². The molecule has 1 unspecified atom stereocenters. The molecule has 1 aliphatic heterocycles. The van der Waals surface area contributed by atoms with Crippen LogP contribution >= 0.6 is 0 Å². The molecular weight excluding hydrogens is 222 g/mol. The molecule has 1 aliphatic rings. The zero-order chi connectivity index (χ0) is 12.3. The number of amidine groups is 1. The third-order valence-corrected chi connectivity index (χ3v) is 2.08. The Labute approximate surface area is 97.1 Å². The molecule has 1 fully saturated rings. The maximum absolute atomic E-state index is 11.1. The summed E-state index contributed by atoms with van der Waals surface area (Å²) in [4.78, 5) is 26.1. The fourth-order valence-corrected chi connectivity index (χ4v) is 1.40. The van der Waals surface area contributed by atoms with Gasteiger partial charge in [0.05, 0.1) is 5.69 Å². The van der Waals surface area contributed by atoms with E-state index in [1.807, 2.05) is 18.2 Å². The summed E-state index contributed by atoms with van der Waals surface area (Å²) >= 11 is 0. The van der Waals surface area contributed by atoms with E-state index in [4.69, 9.17) is 5.73 Å². The first-order valence-corrected chi connectivity index (χ1v) is 4.92. The van der Waals surface area contributed by atoms with E-state index in [0.717, 1.165) is 0 Å². The molecule has 1 saturated heterocycles. The fourth-order valence-electron chi connectivity index (χ4n) is 1.40. The number of hydrogen-bond acceptors (Lipinski definition) is 3. The largest absolute Gasteiger partial charge is 0.352 e. The summed E-state index contributed by atoms with van der Waals surface area (Å²) < 4.78 is 0. The van der Waals surface area contributed by atoms with Gasteiger partial charge in [0.1, 0.15) is 0 Å². The van der Waals surface area contributed by atoms with Crippen molar-refractivity contribution in [2.75, 3.05) is 0 Å². The number of amides is 4. The van der Waals surface area contributed by atoms with E-state index in [-0.39, 0.29) is 0 Å². The molecule has 0 saturated carbocycles. The zero-order valence-corrected chi connectivity index (χ0v) is 8.81. The van der Waals surface area contributed by atoms with Gasteiger partial charge in [0.2, 0.25) is 0 Å². The van der Waals surface area contributed by atoms with Gasteiger partial charge >= 0.3 is 12.1 Å². The van der Waals surface area contributed by atoms with E-state index in [1.165, 1.54) is 0 Å². The van der Waals surface area contributed by atoms with E-state index in [2.05, 4.69) is 20.9 Å². The Hall–Kier alpha value is -2.57. The summed E-state index contributed by atoms with van der Waals surface area (Å²) in [5.74, 6) is 0.306. The van der Waals surface area contributed by atoms with Crippen LogP contribution in [0, 0.1) is 0 Å². The van der Waals surface area contributed by atoms with Gasteiger partial charge in [-0.15, -0.1) is 0 Å². The van der Waals surface area contributed by atoms with Crippen LogP contribution in [-0.4, -0.2) is 24.1 Å². The number of para-hydroxylation sites is 1. The summed E-state index contributed by atoms with van der Waals surface area (Å²) in [6, 6.07) is 7.88. The van der Waals surface area contributed by atoms with Crippen molar-refractivity contribution in [3.05, 3.63) is 30.3 Å². The van der Waals surface area contributed by atoms with Crippen molar-refractivity contribution in [1.82, 2.24) is 16.0 Å². The van der Waals surface area contributed by atoms with Gasteiger partial charge in [-0.25, -0.2) is 14.6 Å². The van der Waals surface area contributed by atoms with Gasteiger partial charge in [-0.05, 0) is 12.1 Å². The lowest BCUT2D eigenvalue weighted by Crippen LogP contribution is -2.48. The number of nitrogens with zero attached hydrogens (tertiary/aromatic N) is 1. The van der Waals surface area contributed by atoms with Crippen LogP contribution in [0.15, 0.2) is 35.3 Å². The third kappa shape index (κ3) is 2.71. The van der Waals surface area contributed by atoms with Crippen LogP contribution in [-0.2, 0) is 0 Å². The van der Waals surface area contributed by atoms with Crippen molar-refractivity contribution >= 4 is 23.6 Å². The molecule has 0 radical (unpaired) electrons. The topological polar surface area (TPSA) is 109 Å². The lowest BCUT2D eigenvalue weighted by atomic mass is 10.3. The minimum absolute atomic E-state index is 0.306. The van der Waals surface area contributed by atoms with Gasteiger partial charge in [0.25, 0.3) is 0 Å². The summed E-state index contributed by atoms with van der Waals surface area (Å²) in [6.45, 7) is 0. The van der Waals surface area contributed by atoms with Gasteiger partial charge in [0, 0.05) is 0 Å². The Bertz CT molecular complexity index is 471. The standard InChI is InChI=1S/C10H11N5O2/c11-9(16)13-8-7(14-10(17)15-8)12-6-4-2-1-3-5-6/h1-5,8H,(H3,11,13,16)(H2,12,14,15,17). The Morgan fingerprint density at radius 2 is 2.06 bits per heavy atom. The average Bonchev–Trinajstić information content (AvgIpc) is 2.59. The quantitative estimate of drug-likeness (QED) is 0.577. The Morgan fingerprint density at radius 1 is 1.35 bits per heavy atom. The molecule has 1 aromatic carbocycles. The van der Waals surface area contributed by atoms with E-state index >= 15 is 0 Å². The minimum atomic E-state index is -0.736. The number of aliphatic imine (C=N–C) groups is 1. The second kappa shape index (κ2) is 4.52. The number of carbonyl (C=O) groups is 2. The van der Waals surface area contributed by atoms with Crippen molar-refractivity contribution in [2.45, 2.75) is 6.17 Å². The van der Waals surface area contributed by atoms with Crippen molar-refractivity contribution in [3.63, 3.8) is 0 Å². The molecule has 7 heteroatoms. The molecule has 1 aromatic rings. The Kier molecular flexibility index (Phi) is 2.91. The number of rotatable bonds is 2. The van der Waals surface area contributed by atoms with Crippen molar-refractivity contribution < 1.29 is 9.59 Å². The van der Waals surface area contributed by atoms with Crippen LogP contribution in [0.5, 0.6) is 0 Å². The molecule has 1 heterocycles. The number of carbonyl (C=O) groups excluding carboxylic acids is 2. The van der Waals surface area contributed by atoms with Crippen LogP contribution in [0.2, 0.25) is 0 Å². The summed E-state index contributed by atoms with van der Waals surface area (Å²) in [5, 5.41) is 7.31. The van der Waals surface area contributed by atoms with Gasteiger partial charge in [-0.2, -0.15) is 0 Å². The van der Waals surface area contributed by atoms with Crippen LogP contribution in [0.1, 0.15) is 0 Å². The lowest BCUT2D eigenvalue weighted by molar-refractivity contribution is 0.242. The molecule has 0 aromatic heterocycles. The summed E-state index contributed by atoms with van der Waals surface area (Å²) in [6.07, 6.45) is -0.722. The number of benzene rings is 1. The van der Waals surface area contributed by atoms with Crippen molar-refractivity contribution in [3.8, 4) is 0 Å². The average molecular weight is 233 g/mol. The van der Waals surface area contributed by atoms with Crippen LogP contribution in [0.4, 0.5) is 15.3 Å². The SMILES string of the molecule is NC(=O)NC1NC(=O)NC1=Nc1ccccc1. The van der Waals surface area contributed by atoms with Crippen LogP contribution in [0.25, 0.3) is 0 Å². The molecule has 0 bridgehead atoms. The first-order valence-electron chi connectivity index (χ1n) is 4.92. The number of nitrogens with one attached hydrogen (secondary N) is 3. The van der Waals surface area contributed by atoms with Gasteiger partial charge in [0.15, 0.2) is 12.0 Å². The van der Waals surface area contributed by atoms with Gasteiger partial charge in [-0.1, -0.05) is 18.2 Å². The second-order valence-corrected chi connectivity index (χ2v) is 3.37. The molecule has 4 amide bonds. The molecule has 2 rings (SSSR count). The number of primary amides is 1. The third-order valence-electron chi connectivity index (χ3n) is 2.08. The molecule has 17 heavy (non-hydrogen) atoms. The van der Waals surface area contributed by atoms with E-state index in [1.54, 1.807) is 12.1 Å². The van der Waals surface area contributed by atoms with Crippen LogP contribution in [0.3, 0.4) is 0 Å². The predicted molar refractivity (Wildman–Crippen MR) is 61.7 cm³/mol. The zero-order valence-electron chi connectivity index (χ0n) is 8.81. The molecule has 88 valence electrons. The first-order chi connectivity index (χ1) is 8.15. The molecule has 0 aliphatic carbocycles. The first kappa shape index (κ1) is 10.9. The summed E-state index contributed by atoms with van der Waals surface area (Å²) in [7, 11) is 0. The number of nitrogens with two attached hydrogens (primary N) is 1. The van der Waals surface area contributed by atoms with E-state index < -0.39 is 18.2 Å². The molecule has 5 N–H and O–H groups in total. The maximum Gasteiger partial charge on any atom is 0.322 e. The Balaban J connectivity index is 2.21. The Morgan fingerprint density at radius 3 is 2.71 bits per heavy atom. The van der Waals surface area contributed by atoms with E-state index in [0.29, 0.717) is 11.5 Å². The van der Waals surface area contributed by atoms with Crippen molar-refractivity contribution in [1.29, 1.82) is 0 Å². The maximum atomic E-state index is 11.1. The van der Waals surface area contributed by atoms with E-state index in [9.17, 15) is 9.59 Å². The predicted octanol–water partition coefficient (Wildman–Crippen LogP) is 0.0238. The number of hydrogen-bond donors (Lipinski definition) is 4. The monoisotopic (exact) mass is 233 g/mol. The molecule has 0 spiro atoms. The highest BCUT2D eigenvalue weighted by Gasteiger charge is 2.28. The van der Waals surface area contributed by atoms with Crippen LogP contribution < -0.4 is 21.7 Å². The second-order valence-electron chi connectivity index (χ2n) is 3.37. The normalized spacial score (nSPS) is 20.8. The van der Waals surface area contributed by atoms with Gasteiger partial charge in [-0.3, -0.25) is 5.32 Å². The minimum Gasteiger partial charge on any atom is -0.352 e.